The molecule has 0 saturated heterocycles. The Kier molecular flexibility index (Phi) is 3.40. The van der Waals surface area contributed by atoms with Crippen molar-refractivity contribution in [1.82, 2.24) is 4.98 Å². The first-order valence-electron chi connectivity index (χ1n) is 6.35. The van der Waals surface area contributed by atoms with E-state index in [0.29, 0.717) is 16.8 Å². The highest BCUT2D eigenvalue weighted by molar-refractivity contribution is 6.44. The van der Waals surface area contributed by atoms with Gasteiger partial charge in [0, 0.05) is 27.8 Å². The van der Waals surface area contributed by atoms with Crippen LogP contribution < -0.4 is 5.73 Å². The second-order valence-electron chi connectivity index (χ2n) is 4.86. The van der Waals surface area contributed by atoms with Crippen molar-refractivity contribution in [3.63, 3.8) is 0 Å². The third-order valence-electron chi connectivity index (χ3n) is 3.42. The third-order valence-corrected chi connectivity index (χ3v) is 4.22. The molecule has 1 heterocycles. The minimum absolute atomic E-state index is 0.191. The highest BCUT2D eigenvalue weighted by atomic mass is 35.5. The van der Waals surface area contributed by atoms with Gasteiger partial charge in [0.1, 0.15) is 0 Å². The first-order chi connectivity index (χ1) is 9.99. The fraction of sp³-hybridized carbons (Fsp3) is 0.0625. The van der Waals surface area contributed by atoms with E-state index in [0.717, 1.165) is 16.6 Å². The lowest BCUT2D eigenvalue weighted by Gasteiger charge is -2.07. The van der Waals surface area contributed by atoms with Crippen molar-refractivity contribution >= 4 is 45.6 Å². The van der Waals surface area contributed by atoms with Crippen molar-refractivity contribution in [3.05, 3.63) is 63.3 Å². The summed E-state index contributed by atoms with van der Waals surface area (Å²) < 4.78 is 0. The quantitative estimate of drug-likeness (QED) is 0.536. The van der Waals surface area contributed by atoms with Gasteiger partial charge in [-0.2, -0.15) is 0 Å². The van der Waals surface area contributed by atoms with Crippen LogP contribution in [0.4, 0.5) is 5.69 Å². The Morgan fingerprint density at radius 1 is 1.19 bits per heavy atom. The van der Waals surface area contributed by atoms with E-state index in [2.05, 4.69) is 4.98 Å². The molecular weight excluding hydrogens is 307 g/mol. The van der Waals surface area contributed by atoms with E-state index >= 15 is 0 Å². The molecule has 3 nitrogen and oxygen atoms in total. The van der Waals surface area contributed by atoms with E-state index in [-0.39, 0.29) is 15.8 Å². The number of anilines is 1. The van der Waals surface area contributed by atoms with E-state index in [1.54, 1.807) is 6.07 Å². The normalized spacial score (nSPS) is 11.0. The lowest BCUT2D eigenvalue weighted by molar-refractivity contribution is 0.104. The van der Waals surface area contributed by atoms with Gasteiger partial charge in [-0.05, 0) is 25.1 Å². The van der Waals surface area contributed by atoms with E-state index in [1.807, 2.05) is 31.2 Å². The summed E-state index contributed by atoms with van der Waals surface area (Å²) in [6, 6.07) is 10.7. The zero-order chi connectivity index (χ0) is 15.1. The Labute approximate surface area is 131 Å². The first kappa shape index (κ1) is 14.0. The van der Waals surface area contributed by atoms with Crippen LogP contribution in [0.5, 0.6) is 0 Å². The smallest absolute Gasteiger partial charge is 0.197 e. The molecule has 0 atom stereocenters. The first-order valence-corrected chi connectivity index (χ1v) is 7.11. The van der Waals surface area contributed by atoms with Gasteiger partial charge in [0.15, 0.2) is 5.78 Å². The summed E-state index contributed by atoms with van der Waals surface area (Å²) >= 11 is 12.2. The van der Waals surface area contributed by atoms with Crippen LogP contribution >= 0.6 is 23.2 Å². The number of aromatic amines is 1. The predicted molar refractivity (Wildman–Crippen MR) is 87.3 cm³/mol. The summed E-state index contributed by atoms with van der Waals surface area (Å²) in [5, 5.41) is 1.35. The van der Waals surface area contributed by atoms with Crippen LogP contribution in [-0.4, -0.2) is 10.8 Å². The molecule has 21 heavy (non-hydrogen) atoms. The molecule has 0 aliphatic heterocycles. The Morgan fingerprint density at radius 3 is 2.67 bits per heavy atom. The Morgan fingerprint density at radius 2 is 1.90 bits per heavy atom. The number of H-pyrrole nitrogens is 1. The lowest BCUT2D eigenvalue weighted by Crippen LogP contribution is -2.05. The van der Waals surface area contributed by atoms with E-state index in [9.17, 15) is 4.79 Å². The number of hydrogen-bond acceptors (Lipinski definition) is 2. The summed E-state index contributed by atoms with van der Waals surface area (Å²) in [4.78, 5) is 16.0. The van der Waals surface area contributed by atoms with Crippen LogP contribution in [0.1, 0.15) is 21.6 Å². The van der Waals surface area contributed by atoms with Crippen LogP contribution in [0, 0.1) is 6.92 Å². The second kappa shape index (κ2) is 5.10. The van der Waals surface area contributed by atoms with Gasteiger partial charge in [-0.1, -0.05) is 41.4 Å². The molecule has 3 aromatic rings. The maximum Gasteiger partial charge on any atom is 0.197 e. The molecule has 106 valence electrons. The summed E-state index contributed by atoms with van der Waals surface area (Å²) in [5.41, 5.74) is 8.78. The van der Waals surface area contributed by atoms with Gasteiger partial charge in [0.05, 0.1) is 15.6 Å². The van der Waals surface area contributed by atoms with Crippen LogP contribution in [0.15, 0.2) is 36.4 Å². The number of nitrogen functional groups attached to an aromatic ring is 1. The Hall–Kier alpha value is -1.97. The van der Waals surface area contributed by atoms with E-state index < -0.39 is 0 Å². The SMILES string of the molecule is Cc1[nH]c2ccccc2c1C(=O)c1cc(N)cc(Cl)c1Cl. The average Bonchev–Trinajstić information content (AvgIpc) is 2.78. The number of aryl methyl sites for hydroxylation is 1. The predicted octanol–water partition coefficient (Wildman–Crippen LogP) is 4.60. The molecule has 0 aliphatic rings. The number of rotatable bonds is 2. The molecule has 0 spiro atoms. The minimum Gasteiger partial charge on any atom is -0.399 e. The average molecular weight is 319 g/mol. The van der Waals surface area contributed by atoms with Gasteiger partial charge in [-0.15, -0.1) is 0 Å². The van der Waals surface area contributed by atoms with Gasteiger partial charge in [0.2, 0.25) is 0 Å². The number of fused-ring (bicyclic) bond motifs is 1. The monoisotopic (exact) mass is 318 g/mol. The molecular formula is C16H12Cl2N2O. The van der Waals surface area contributed by atoms with Crippen LogP contribution in [0.3, 0.4) is 0 Å². The molecule has 1 aromatic heterocycles. The lowest BCUT2D eigenvalue weighted by atomic mass is 10.00. The van der Waals surface area contributed by atoms with Crippen molar-refractivity contribution in [2.24, 2.45) is 0 Å². The summed E-state index contributed by atoms with van der Waals surface area (Å²) in [6.07, 6.45) is 0. The molecule has 0 saturated carbocycles. The maximum absolute atomic E-state index is 12.8. The van der Waals surface area contributed by atoms with Crippen molar-refractivity contribution in [2.75, 3.05) is 5.73 Å². The van der Waals surface area contributed by atoms with Crippen LogP contribution in [-0.2, 0) is 0 Å². The second-order valence-corrected chi connectivity index (χ2v) is 5.65. The highest BCUT2D eigenvalue weighted by Gasteiger charge is 2.21. The third kappa shape index (κ3) is 2.28. The van der Waals surface area contributed by atoms with Crippen LogP contribution in [0.25, 0.3) is 10.9 Å². The van der Waals surface area contributed by atoms with Crippen molar-refractivity contribution < 1.29 is 4.79 Å². The number of nitrogens with one attached hydrogen (secondary N) is 1. The molecule has 3 N–H and O–H groups in total. The zero-order valence-corrected chi connectivity index (χ0v) is 12.7. The maximum atomic E-state index is 12.8. The van der Waals surface area contributed by atoms with Gasteiger partial charge in [0.25, 0.3) is 0 Å². The van der Waals surface area contributed by atoms with Crippen molar-refractivity contribution in [1.29, 1.82) is 0 Å². The molecule has 0 unspecified atom stereocenters. The Bertz CT molecular complexity index is 868. The van der Waals surface area contributed by atoms with Gasteiger partial charge >= 0.3 is 0 Å². The molecule has 0 bridgehead atoms. The summed E-state index contributed by atoms with van der Waals surface area (Å²) in [6.45, 7) is 1.86. The fourth-order valence-electron chi connectivity index (χ4n) is 2.48. The number of carbonyl (C=O) groups excluding carboxylic acids is 1. The zero-order valence-electron chi connectivity index (χ0n) is 11.2. The van der Waals surface area contributed by atoms with Gasteiger partial charge in [-0.3, -0.25) is 4.79 Å². The minimum atomic E-state index is -0.191. The Balaban J connectivity index is 2.24. The highest BCUT2D eigenvalue weighted by Crippen LogP contribution is 2.32. The number of ketones is 1. The number of nitrogens with two attached hydrogens (primary N) is 1. The van der Waals surface area contributed by atoms with Gasteiger partial charge < -0.3 is 10.7 Å². The van der Waals surface area contributed by atoms with E-state index in [4.69, 9.17) is 28.9 Å². The van der Waals surface area contributed by atoms with Crippen molar-refractivity contribution in [2.45, 2.75) is 6.92 Å². The number of para-hydroxylation sites is 1. The number of aromatic nitrogens is 1. The topological polar surface area (TPSA) is 58.9 Å². The number of halogens is 2. The van der Waals surface area contributed by atoms with Crippen molar-refractivity contribution in [3.8, 4) is 0 Å². The molecule has 0 aliphatic carbocycles. The number of carbonyl (C=O) groups is 1. The largest absolute Gasteiger partial charge is 0.399 e. The molecule has 5 heteroatoms. The van der Waals surface area contributed by atoms with E-state index in [1.165, 1.54) is 6.07 Å². The fourth-order valence-corrected chi connectivity index (χ4v) is 2.90. The number of hydrogen-bond donors (Lipinski definition) is 2. The molecule has 3 rings (SSSR count). The number of benzene rings is 2. The van der Waals surface area contributed by atoms with Gasteiger partial charge in [-0.25, -0.2) is 0 Å². The molecule has 0 amide bonds. The molecule has 0 fully saturated rings. The summed E-state index contributed by atoms with van der Waals surface area (Å²) in [7, 11) is 0. The van der Waals surface area contributed by atoms with Crippen LogP contribution in [0.2, 0.25) is 10.0 Å². The molecule has 0 radical (unpaired) electrons. The standard InChI is InChI=1S/C16H12Cl2N2O/c1-8-14(10-4-2-3-5-13(10)20-8)16(21)11-6-9(19)7-12(17)15(11)18/h2-7,20H,19H2,1H3. The summed E-state index contributed by atoms with van der Waals surface area (Å²) in [5.74, 6) is -0.191. The molecule has 2 aromatic carbocycles.